The Balaban J connectivity index is 1.69. The highest BCUT2D eigenvalue weighted by Gasteiger charge is 2.29. The number of aliphatic imine (C=N–C) groups is 1. The SMILES string of the molecule is COc1ccc(NC(=O)[C@@H]2CC(=O)NC(N3CCCCC3)=N2)cc1. The molecule has 0 radical (unpaired) electrons. The number of nitrogens with one attached hydrogen (secondary N) is 2. The van der Waals surface area contributed by atoms with Gasteiger partial charge in [-0.1, -0.05) is 0 Å². The summed E-state index contributed by atoms with van der Waals surface area (Å²) in [5, 5.41) is 5.60. The van der Waals surface area contributed by atoms with E-state index in [0.29, 0.717) is 11.6 Å². The summed E-state index contributed by atoms with van der Waals surface area (Å²) in [5.74, 6) is 0.807. The zero-order chi connectivity index (χ0) is 16.9. The molecule has 1 fully saturated rings. The third-order valence-corrected chi connectivity index (χ3v) is 4.22. The van der Waals surface area contributed by atoms with E-state index in [0.717, 1.165) is 31.7 Å². The fraction of sp³-hybridized carbons (Fsp3) is 0.471. The Labute approximate surface area is 141 Å². The highest BCUT2D eigenvalue weighted by molar-refractivity contribution is 6.05. The number of methoxy groups -OCH3 is 1. The summed E-state index contributed by atoms with van der Waals surface area (Å²) in [6.07, 6.45) is 3.42. The second-order valence-corrected chi connectivity index (χ2v) is 5.99. The van der Waals surface area contributed by atoms with E-state index >= 15 is 0 Å². The lowest BCUT2D eigenvalue weighted by molar-refractivity contribution is -0.125. The zero-order valence-electron chi connectivity index (χ0n) is 13.7. The van der Waals surface area contributed by atoms with E-state index < -0.39 is 6.04 Å². The van der Waals surface area contributed by atoms with Crippen molar-refractivity contribution in [2.45, 2.75) is 31.7 Å². The molecule has 0 unspecified atom stereocenters. The standard InChI is InChI=1S/C17H22N4O3/c1-24-13-7-5-12(6-8-13)18-16(23)14-11-15(22)20-17(19-14)21-9-3-2-4-10-21/h5-8,14H,2-4,9-11H2,1H3,(H,18,23)(H,19,20,22)/t14-/m0/s1. The fourth-order valence-corrected chi connectivity index (χ4v) is 2.89. The van der Waals surface area contributed by atoms with Crippen LogP contribution in [0.4, 0.5) is 5.69 Å². The first-order valence-corrected chi connectivity index (χ1v) is 8.23. The number of likely N-dealkylation sites (tertiary alicyclic amines) is 1. The number of anilines is 1. The maximum atomic E-state index is 12.4. The van der Waals surface area contributed by atoms with Crippen LogP contribution in [0, 0.1) is 0 Å². The van der Waals surface area contributed by atoms with Crippen molar-refractivity contribution in [3.63, 3.8) is 0 Å². The van der Waals surface area contributed by atoms with Crippen LogP contribution in [0.3, 0.4) is 0 Å². The molecule has 0 aliphatic carbocycles. The number of carbonyl (C=O) groups excluding carboxylic acids is 2. The lowest BCUT2D eigenvalue weighted by Gasteiger charge is -2.32. The molecule has 2 aliphatic heterocycles. The molecule has 1 atom stereocenters. The summed E-state index contributed by atoms with van der Waals surface area (Å²) in [4.78, 5) is 30.9. The van der Waals surface area contributed by atoms with E-state index in [1.54, 1.807) is 31.4 Å². The van der Waals surface area contributed by atoms with Crippen molar-refractivity contribution in [1.29, 1.82) is 0 Å². The Morgan fingerprint density at radius 3 is 2.62 bits per heavy atom. The highest BCUT2D eigenvalue weighted by Crippen LogP contribution is 2.17. The van der Waals surface area contributed by atoms with Gasteiger partial charge < -0.3 is 15.0 Å². The van der Waals surface area contributed by atoms with Gasteiger partial charge in [0.05, 0.1) is 13.5 Å². The largest absolute Gasteiger partial charge is 0.497 e. The summed E-state index contributed by atoms with van der Waals surface area (Å²) in [6, 6.07) is 6.36. The van der Waals surface area contributed by atoms with Gasteiger partial charge in [0.25, 0.3) is 0 Å². The van der Waals surface area contributed by atoms with Crippen molar-refractivity contribution in [1.82, 2.24) is 10.2 Å². The van der Waals surface area contributed by atoms with Gasteiger partial charge in [-0.2, -0.15) is 0 Å². The van der Waals surface area contributed by atoms with Crippen LogP contribution in [0.15, 0.2) is 29.3 Å². The minimum absolute atomic E-state index is 0.0688. The Morgan fingerprint density at radius 1 is 1.25 bits per heavy atom. The minimum Gasteiger partial charge on any atom is -0.497 e. The van der Waals surface area contributed by atoms with Gasteiger partial charge in [0.1, 0.15) is 11.8 Å². The molecule has 7 nitrogen and oxygen atoms in total. The summed E-state index contributed by atoms with van der Waals surface area (Å²) < 4.78 is 5.09. The number of rotatable bonds is 3. The van der Waals surface area contributed by atoms with Crippen LogP contribution < -0.4 is 15.4 Å². The Hall–Kier alpha value is -2.57. The highest BCUT2D eigenvalue weighted by atomic mass is 16.5. The molecule has 2 N–H and O–H groups in total. The van der Waals surface area contributed by atoms with Crippen LogP contribution in [0.2, 0.25) is 0 Å². The number of ether oxygens (including phenoxy) is 1. The fourth-order valence-electron chi connectivity index (χ4n) is 2.89. The lowest BCUT2D eigenvalue weighted by Crippen LogP contribution is -2.51. The first kappa shape index (κ1) is 16.3. The van der Waals surface area contributed by atoms with Gasteiger partial charge in [0, 0.05) is 18.8 Å². The molecule has 0 saturated carbocycles. The lowest BCUT2D eigenvalue weighted by atomic mass is 10.1. The van der Waals surface area contributed by atoms with Crippen LogP contribution >= 0.6 is 0 Å². The number of guanidine groups is 1. The molecule has 0 aromatic heterocycles. The molecule has 2 heterocycles. The summed E-state index contributed by atoms with van der Waals surface area (Å²) >= 11 is 0. The van der Waals surface area contributed by atoms with Gasteiger partial charge >= 0.3 is 0 Å². The quantitative estimate of drug-likeness (QED) is 0.877. The smallest absolute Gasteiger partial charge is 0.249 e. The normalized spacial score (nSPS) is 20.9. The van der Waals surface area contributed by atoms with Gasteiger partial charge in [-0.25, -0.2) is 4.99 Å². The van der Waals surface area contributed by atoms with Crippen molar-refractivity contribution in [3.05, 3.63) is 24.3 Å². The maximum absolute atomic E-state index is 12.4. The van der Waals surface area contributed by atoms with Gasteiger partial charge in [-0.3, -0.25) is 14.9 Å². The summed E-state index contributed by atoms with van der Waals surface area (Å²) in [6.45, 7) is 1.73. The molecule has 1 aromatic rings. The predicted molar refractivity (Wildman–Crippen MR) is 91.0 cm³/mol. The van der Waals surface area contributed by atoms with Crippen molar-refractivity contribution in [2.75, 3.05) is 25.5 Å². The molecule has 0 spiro atoms. The molecule has 128 valence electrons. The third kappa shape index (κ3) is 3.84. The topological polar surface area (TPSA) is 83.0 Å². The van der Waals surface area contributed by atoms with Crippen LogP contribution in [0.1, 0.15) is 25.7 Å². The minimum atomic E-state index is -0.697. The summed E-state index contributed by atoms with van der Waals surface area (Å²) in [7, 11) is 1.59. The van der Waals surface area contributed by atoms with Crippen LogP contribution in [-0.4, -0.2) is 48.9 Å². The molecule has 2 aliphatic rings. The molecular weight excluding hydrogens is 308 g/mol. The van der Waals surface area contributed by atoms with E-state index in [2.05, 4.69) is 15.6 Å². The van der Waals surface area contributed by atoms with Crippen molar-refractivity contribution < 1.29 is 14.3 Å². The molecule has 1 saturated heterocycles. The number of carbonyl (C=O) groups is 2. The molecule has 2 amide bonds. The van der Waals surface area contributed by atoms with Crippen LogP contribution in [0.5, 0.6) is 5.75 Å². The van der Waals surface area contributed by atoms with E-state index in [4.69, 9.17) is 4.74 Å². The number of piperidine rings is 1. The van der Waals surface area contributed by atoms with E-state index in [-0.39, 0.29) is 18.2 Å². The molecule has 3 rings (SSSR count). The van der Waals surface area contributed by atoms with Crippen LogP contribution in [0.25, 0.3) is 0 Å². The van der Waals surface area contributed by atoms with Crippen molar-refractivity contribution in [3.8, 4) is 5.75 Å². The Bertz CT molecular complexity index is 636. The molecule has 7 heteroatoms. The average molecular weight is 330 g/mol. The second kappa shape index (κ2) is 7.33. The van der Waals surface area contributed by atoms with Gasteiger partial charge in [-0.05, 0) is 43.5 Å². The number of hydrogen-bond donors (Lipinski definition) is 2. The number of amides is 2. The first-order chi connectivity index (χ1) is 11.7. The Kier molecular flexibility index (Phi) is 4.98. The monoisotopic (exact) mass is 330 g/mol. The molecular formula is C17H22N4O3. The Morgan fingerprint density at radius 2 is 1.96 bits per heavy atom. The second-order valence-electron chi connectivity index (χ2n) is 5.99. The molecule has 24 heavy (non-hydrogen) atoms. The van der Waals surface area contributed by atoms with E-state index in [1.807, 2.05) is 4.90 Å². The number of benzene rings is 1. The maximum Gasteiger partial charge on any atom is 0.249 e. The number of hydrogen-bond acceptors (Lipinski definition) is 5. The van der Waals surface area contributed by atoms with Gasteiger partial charge in [0.2, 0.25) is 17.8 Å². The molecule has 1 aromatic carbocycles. The van der Waals surface area contributed by atoms with Crippen molar-refractivity contribution in [2.24, 2.45) is 4.99 Å². The summed E-state index contributed by atoms with van der Waals surface area (Å²) in [5.41, 5.74) is 0.654. The van der Waals surface area contributed by atoms with Gasteiger partial charge in [-0.15, -0.1) is 0 Å². The average Bonchev–Trinajstić information content (AvgIpc) is 2.62. The third-order valence-electron chi connectivity index (χ3n) is 4.22. The molecule has 0 bridgehead atoms. The van der Waals surface area contributed by atoms with Crippen LogP contribution in [-0.2, 0) is 9.59 Å². The first-order valence-electron chi connectivity index (χ1n) is 8.23. The number of nitrogens with zero attached hydrogens (tertiary/aromatic N) is 2. The van der Waals surface area contributed by atoms with E-state index in [9.17, 15) is 9.59 Å². The van der Waals surface area contributed by atoms with E-state index in [1.165, 1.54) is 6.42 Å². The predicted octanol–water partition coefficient (Wildman–Crippen LogP) is 1.36. The van der Waals surface area contributed by atoms with Crippen molar-refractivity contribution >= 4 is 23.5 Å². The van der Waals surface area contributed by atoms with Gasteiger partial charge in [0.15, 0.2) is 0 Å². The zero-order valence-corrected chi connectivity index (χ0v) is 13.7.